The molecule has 2 aliphatic rings. The number of nitrogens with zero attached hydrogens (tertiary/aromatic N) is 3. The molecule has 6 nitrogen and oxygen atoms in total. The van der Waals surface area contributed by atoms with Crippen LogP contribution in [-0.2, 0) is 0 Å². The van der Waals surface area contributed by atoms with Gasteiger partial charge in [0.15, 0.2) is 0 Å². The molecule has 1 N–H and O–H groups in total. The molecule has 0 atom stereocenters. The van der Waals surface area contributed by atoms with E-state index in [0.717, 1.165) is 57.4 Å². The van der Waals surface area contributed by atoms with Gasteiger partial charge in [-0.05, 0) is 44.2 Å². The number of likely N-dealkylation sites (tertiary alicyclic amines) is 2. The fraction of sp³-hybridized carbons (Fsp3) is 0.588. The molecule has 0 unspecified atom stereocenters. The van der Waals surface area contributed by atoms with Crippen molar-refractivity contribution in [2.24, 2.45) is 0 Å². The number of hydrogen-bond donors (Lipinski definition) is 1. The molecule has 2 aliphatic heterocycles. The second kappa shape index (κ2) is 6.98. The zero-order chi connectivity index (χ0) is 16.2. The summed E-state index contributed by atoms with van der Waals surface area (Å²) in [6.07, 6.45) is 7.20. The molecule has 0 saturated carbocycles. The summed E-state index contributed by atoms with van der Waals surface area (Å²) in [6.45, 7) is 5.10. The van der Waals surface area contributed by atoms with Gasteiger partial charge in [-0.15, -0.1) is 0 Å². The van der Waals surface area contributed by atoms with Crippen molar-refractivity contribution < 1.29 is 9.59 Å². The SMILES string of the molecule is Cc1cnccc1C(=O)NC1CCN(C(=O)N2CCCC2)CC1. The van der Waals surface area contributed by atoms with Gasteiger partial charge >= 0.3 is 6.03 Å². The highest BCUT2D eigenvalue weighted by atomic mass is 16.2. The van der Waals surface area contributed by atoms with E-state index < -0.39 is 0 Å². The second-order valence-electron chi connectivity index (χ2n) is 6.40. The van der Waals surface area contributed by atoms with Crippen molar-refractivity contribution in [2.75, 3.05) is 26.2 Å². The Morgan fingerprint density at radius 1 is 1.13 bits per heavy atom. The van der Waals surface area contributed by atoms with E-state index in [1.54, 1.807) is 18.5 Å². The fourth-order valence-electron chi connectivity index (χ4n) is 3.31. The van der Waals surface area contributed by atoms with Gasteiger partial charge in [0.25, 0.3) is 5.91 Å². The third-order valence-electron chi connectivity index (χ3n) is 4.74. The number of carbonyl (C=O) groups is 2. The molecule has 124 valence electrons. The molecule has 23 heavy (non-hydrogen) atoms. The monoisotopic (exact) mass is 316 g/mol. The molecule has 3 heterocycles. The van der Waals surface area contributed by atoms with Crippen molar-refractivity contribution in [1.29, 1.82) is 0 Å². The highest BCUT2D eigenvalue weighted by Crippen LogP contribution is 2.16. The van der Waals surface area contributed by atoms with Gasteiger partial charge in [0.05, 0.1) is 0 Å². The predicted octanol–water partition coefficient (Wildman–Crippen LogP) is 1.80. The van der Waals surface area contributed by atoms with Crippen LogP contribution in [0.4, 0.5) is 4.79 Å². The number of pyridine rings is 1. The zero-order valence-electron chi connectivity index (χ0n) is 13.6. The minimum atomic E-state index is -0.0470. The Morgan fingerprint density at radius 2 is 1.78 bits per heavy atom. The average Bonchev–Trinajstić information content (AvgIpc) is 3.09. The van der Waals surface area contributed by atoms with Crippen molar-refractivity contribution in [1.82, 2.24) is 20.1 Å². The zero-order valence-corrected chi connectivity index (χ0v) is 13.6. The van der Waals surface area contributed by atoms with Gasteiger partial charge in [-0.2, -0.15) is 0 Å². The molecule has 2 saturated heterocycles. The normalized spacial score (nSPS) is 19.0. The fourth-order valence-corrected chi connectivity index (χ4v) is 3.31. The first-order chi connectivity index (χ1) is 11.1. The highest BCUT2D eigenvalue weighted by molar-refractivity contribution is 5.95. The lowest BCUT2D eigenvalue weighted by Gasteiger charge is -2.34. The Balaban J connectivity index is 1.50. The van der Waals surface area contributed by atoms with Crippen molar-refractivity contribution >= 4 is 11.9 Å². The van der Waals surface area contributed by atoms with E-state index in [1.165, 1.54) is 0 Å². The molecule has 0 bridgehead atoms. The van der Waals surface area contributed by atoms with Crippen LogP contribution >= 0.6 is 0 Å². The largest absolute Gasteiger partial charge is 0.349 e. The molecule has 3 amide bonds. The molecule has 6 heteroatoms. The average molecular weight is 316 g/mol. The van der Waals surface area contributed by atoms with Crippen LogP contribution < -0.4 is 5.32 Å². The summed E-state index contributed by atoms with van der Waals surface area (Å²) in [6, 6.07) is 2.05. The first-order valence-electron chi connectivity index (χ1n) is 8.40. The lowest BCUT2D eigenvalue weighted by molar-refractivity contribution is 0.0912. The maximum atomic E-state index is 12.4. The topological polar surface area (TPSA) is 65.5 Å². The van der Waals surface area contributed by atoms with Crippen LogP contribution in [-0.4, -0.2) is 58.9 Å². The van der Waals surface area contributed by atoms with Crippen LogP contribution in [0.2, 0.25) is 0 Å². The summed E-state index contributed by atoms with van der Waals surface area (Å²) < 4.78 is 0. The molecule has 0 aromatic carbocycles. The Hall–Kier alpha value is -2.11. The van der Waals surface area contributed by atoms with E-state index in [1.807, 2.05) is 16.7 Å². The van der Waals surface area contributed by atoms with Gasteiger partial charge in [0, 0.05) is 50.2 Å². The Bertz CT molecular complexity index is 576. The lowest BCUT2D eigenvalue weighted by atomic mass is 10.0. The quantitative estimate of drug-likeness (QED) is 0.905. The second-order valence-corrected chi connectivity index (χ2v) is 6.40. The van der Waals surface area contributed by atoms with Crippen molar-refractivity contribution in [3.63, 3.8) is 0 Å². The van der Waals surface area contributed by atoms with Crippen molar-refractivity contribution in [3.05, 3.63) is 29.6 Å². The first-order valence-corrected chi connectivity index (χ1v) is 8.40. The van der Waals surface area contributed by atoms with Crippen LogP contribution in [0.25, 0.3) is 0 Å². The van der Waals surface area contributed by atoms with Crippen LogP contribution in [0.5, 0.6) is 0 Å². The number of aromatic nitrogens is 1. The summed E-state index contributed by atoms with van der Waals surface area (Å²) in [5.74, 6) is -0.0470. The van der Waals surface area contributed by atoms with Crippen molar-refractivity contribution in [2.45, 2.75) is 38.6 Å². The highest BCUT2D eigenvalue weighted by Gasteiger charge is 2.28. The van der Waals surface area contributed by atoms with Crippen molar-refractivity contribution in [3.8, 4) is 0 Å². The predicted molar refractivity (Wildman–Crippen MR) is 87.2 cm³/mol. The molecule has 1 aromatic rings. The van der Waals surface area contributed by atoms with Gasteiger partial charge < -0.3 is 15.1 Å². The summed E-state index contributed by atoms with van der Waals surface area (Å²) in [5, 5.41) is 3.09. The minimum absolute atomic E-state index is 0.0470. The van der Waals surface area contributed by atoms with Gasteiger partial charge in [-0.25, -0.2) is 4.79 Å². The number of rotatable bonds is 2. The molecule has 2 fully saturated rings. The molecule has 3 rings (SSSR count). The maximum absolute atomic E-state index is 12.4. The van der Waals surface area contributed by atoms with E-state index in [0.29, 0.717) is 5.56 Å². The Kier molecular flexibility index (Phi) is 4.79. The van der Waals surface area contributed by atoms with Crippen LogP contribution in [0.15, 0.2) is 18.5 Å². The summed E-state index contributed by atoms with van der Waals surface area (Å²) in [4.78, 5) is 32.6. The smallest absolute Gasteiger partial charge is 0.319 e. The third kappa shape index (κ3) is 3.63. The lowest BCUT2D eigenvalue weighted by Crippen LogP contribution is -2.50. The van der Waals surface area contributed by atoms with E-state index >= 15 is 0 Å². The number of amides is 3. The molecular formula is C17H24N4O2. The number of aryl methyl sites for hydroxylation is 1. The van der Waals surface area contributed by atoms with E-state index in [-0.39, 0.29) is 18.0 Å². The van der Waals surface area contributed by atoms with E-state index in [9.17, 15) is 9.59 Å². The third-order valence-corrected chi connectivity index (χ3v) is 4.74. The van der Waals surface area contributed by atoms with Crippen LogP contribution in [0.1, 0.15) is 41.6 Å². The maximum Gasteiger partial charge on any atom is 0.319 e. The Labute approximate surface area is 136 Å². The number of hydrogen-bond acceptors (Lipinski definition) is 3. The molecular weight excluding hydrogens is 292 g/mol. The molecule has 0 radical (unpaired) electrons. The number of nitrogens with one attached hydrogen (secondary N) is 1. The molecule has 1 aromatic heterocycles. The first kappa shape index (κ1) is 15.8. The molecule has 0 aliphatic carbocycles. The van der Waals surface area contributed by atoms with Gasteiger partial charge in [0.2, 0.25) is 0 Å². The summed E-state index contributed by atoms with van der Waals surface area (Å²) in [7, 11) is 0. The number of carbonyl (C=O) groups excluding carboxylic acids is 2. The summed E-state index contributed by atoms with van der Waals surface area (Å²) >= 11 is 0. The van der Waals surface area contributed by atoms with E-state index in [4.69, 9.17) is 0 Å². The van der Waals surface area contributed by atoms with Gasteiger partial charge in [0.1, 0.15) is 0 Å². The van der Waals surface area contributed by atoms with Crippen LogP contribution in [0.3, 0.4) is 0 Å². The Morgan fingerprint density at radius 3 is 2.43 bits per heavy atom. The number of piperidine rings is 1. The molecule has 0 spiro atoms. The van der Waals surface area contributed by atoms with Gasteiger partial charge in [-0.3, -0.25) is 9.78 Å². The standard InChI is InChI=1S/C17H24N4O2/c1-13-12-18-7-4-15(13)16(22)19-14-5-10-21(11-6-14)17(23)20-8-2-3-9-20/h4,7,12,14H,2-3,5-6,8-11H2,1H3,(H,19,22). The van der Waals surface area contributed by atoms with Crippen LogP contribution in [0, 0.1) is 6.92 Å². The minimum Gasteiger partial charge on any atom is -0.349 e. The van der Waals surface area contributed by atoms with E-state index in [2.05, 4.69) is 10.3 Å². The summed E-state index contributed by atoms with van der Waals surface area (Å²) in [5.41, 5.74) is 1.56. The number of urea groups is 1. The van der Waals surface area contributed by atoms with Gasteiger partial charge in [-0.1, -0.05) is 0 Å².